The Morgan fingerprint density at radius 2 is 1.62 bits per heavy atom. The number of halogens is 2. The Kier molecular flexibility index (Phi) is 5.60. The van der Waals surface area contributed by atoms with E-state index in [-0.39, 0.29) is 0 Å². The summed E-state index contributed by atoms with van der Waals surface area (Å²) in [6, 6.07) is 11.5. The van der Waals surface area contributed by atoms with Crippen LogP contribution in [0.4, 0.5) is 8.78 Å². The van der Waals surface area contributed by atoms with Gasteiger partial charge in [-0.25, -0.2) is 0 Å². The summed E-state index contributed by atoms with van der Waals surface area (Å²) in [6.07, 6.45) is 7.88. The molecule has 0 spiro atoms. The van der Waals surface area contributed by atoms with Crippen LogP contribution in [-0.2, 0) is 12.8 Å². The third kappa shape index (κ3) is 4.19. The normalized spacial score (nSPS) is 21.0. The first kappa shape index (κ1) is 17.1. The van der Waals surface area contributed by atoms with E-state index >= 15 is 0 Å². The van der Waals surface area contributed by atoms with Gasteiger partial charge in [-0.2, -0.15) is 13.8 Å². The summed E-state index contributed by atoms with van der Waals surface area (Å²) in [5.74, 6) is 0.151. The number of aryl methyl sites for hydroxylation is 2. The first-order valence-corrected chi connectivity index (χ1v) is 9.05. The number of pyridine rings is 1. The molecule has 1 aliphatic carbocycles. The minimum Gasteiger partial charge on any atom is -0.190 e. The van der Waals surface area contributed by atoms with E-state index in [2.05, 4.69) is 36.2 Å². The Hall–Kier alpha value is -1.77. The van der Waals surface area contributed by atoms with Gasteiger partial charge in [-0.1, -0.05) is 37.6 Å². The van der Waals surface area contributed by atoms with Gasteiger partial charge >= 0.3 is 0 Å². The fourth-order valence-corrected chi connectivity index (χ4v) is 3.77. The lowest BCUT2D eigenvalue weighted by Crippen LogP contribution is -2.12. The molecule has 1 aromatic heterocycles. The van der Waals surface area contributed by atoms with Crippen molar-refractivity contribution in [3.63, 3.8) is 0 Å². The molecule has 0 bridgehead atoms. The first-order valence-electron chi connectivity index (χ1n) is 9.05. The van der Waals surface area contributed by atoms with Crippen molar-refractivity contribution >= 4 is 0 Å². The number of aromatic nitrogens is 1. The molecule has 0 saturated heterocycles. The molecule has 0 radical (unpaired) electrons. The molecule has 1 nitrogen and oxygen atoms in total. The third-order valence-electron chi connectivity index (χ3n) is 5.45. The molecule has 0 N–H and O–H groups in total. The molecule has 1 heterocycles. The number of benzene rings is 1. The highest BCUT2D eigenvalue weighted by Gasteiger charge is 2.21. The number of hydrogen-bond donors (Lipinski definition) is 0. The number of rotatable bonds is 5. The van der Waals surface area contributed by atoms with Crippen LogP contribution in [0.25, 0.3) is 0 Å². The predicted molar refractivity (Wildman–Crippen MR) is 93.0 cm³/mol. The molecular formula is C21H25F2N. The molecule has 1 aromatic carbocycles. The zero-order valence-corrected chi connectivity index (χ0v) is 14.3. The van der Waals surface area contributed by atoms with Gasteiger partial charge < -0.3 is 0 Å². The SMILES string of the molecule is CCC1CCC(c2ccc(CCc3ccc(F)nc3F)cc2)CC1. The highest BCUT2D eigenvalue weighted by Crippen LogP contribution is 2.36. The van der Waals surface area contributed by atoms with Crippen LogP contribution in [-0.4, -0.2) is 4.98 Å². The Morgan fingerprint density at radius 3 is 2.25 bits per heavy atom. The van der Waals surface area contributed by atoms with E-state index in [1.54, 1.807) is 0 Å². The van der Waals surface area contributed by atoms with Crippen LogP contribution in [0, 0.1) is 17.8 Å². The Bertz CT molecular complexity index is 658. The second-order valence-electron chi connectivity index (χ2n) is 6.95. The zero-order valence-electron chi connectivity index (χ0n) is 14.3. The largest absolute Gasteiger partial charge is 0.218 e. The van der Waals surface area contributed by atoms with Gasteiger partial charge in [-0.05, 0) is 73.6 Å². The molecular weight excluding hydrogens is 304 g/mol. The van der Waals surface area contributed by atoms with Gasteiger partial charge in [0.2, 0.25) is 11.9 Å². The van der Waals surface area contributed by atoms with Crippen molar-refractivity contribution in [2.24, 2.45) is 5.92 Å². The number of nitrogens with zero attached hydrogens (tertiary/aromatic N) is 1. The highest BCUT2D eigenvalue weighted by atomic mass is 19.1. The minimum absolute atomic E-state index is 0.471. The summed E-state index contributed by atoms with van der Waals surface area (Å²) in [5.41, 5.74) is 3.09. The lowest BCUT2D eigenvalue weighted by atomic mass is 9.78. The van der Waals surface area contributed by atoms with Crippen LogP contribution >= 0.6 is 0 Å². The maximum atomic E-state index is 13.6. The molecule has 0 aliphatic heterocycles. The van der Waals surface area contributed by atoms with E-state index < -0.39 is 11.9 Å². The molecule has 0 atom stereocenters. The van der Waals surface area contributed by atoms with Crippen molar-refractivity contribution < 1.29 is 8.78 Å². The summed E-state index contributed by atoms with van der Waals surface area (Å²) in [6.45, 7) is 2.29. The van der Waals surface area contributed by atoms with Crippen LogP contribution in [0.15, 0.2) is 36.4 Å². The standard InChI is InChI=1S/C21H25F2N/c1-2-15-3-8-17(9-4-15)18-10-5-16(6-11-18)7-12-19-13-14-20(22)24-21(19)23/h5-6,10-11,13-15,17H,2-4,7-9,12H2,1H3. The van der Waals surface area contributed by atoms with Gasteiger partial charge in [0, 0.05) is 5.56 Å². The molecule has 24 heavy (non-hydrogen) atoms. The topological polar surface area (TPSA) is 12.9 Å². The molecule has 3 rings (SSSR count). The molecule has 0 amide bonds. The van der Waals surface area contributed by atoms with E-state index in [4.69, 9.17) is 0 Å². The fraction of sp³-hybridized carbons (Fsp3) is 0.476. The van der Waals surface area contributed by atoms with Crippen molar-refractivity contribution in [2.45, 2.75) is 57.8 Å². The molecule has 0 unspecified atom stereocenters. The predicted octanol–water partition coefficient (Wildman–Crippen LogP) is 5.83. The van der Waals surface area contributed by atoms with Gasteiger partial charge in [0.15, 0.2) is 0 Å². The van der Waals surface area contributed by atoms with Crippen molar-refractivity contribution in [2.75, 3.05) is 0 Å². The van der Waals surface area contributed by atoms with Crippen molar-refractivity contribution in [3.8, 4) is 0 Å². The van der Waals surface area contributed by atoms with Crippen LogP contribution in [0.2, 0.25) is 0 Å². The van der Waals surface area contributed by atoms with Crippen molar-refractivity contribution in [1.82, 2.24) is 4.98 Å². The summed E-state index contributed by atoms with van der Waals surface area (Å²) >= 11 is 0. The average Bonchev–Trinajstić information content (AvgIpc) is 2.62. The number of hydrogen-bond acceptors (Lipinski definition) is 1. The van der Waals surface area contributed by atoms with E-state index in [1.807, 2.05) is 0 Å². The second-order valence-corrected chi connectivity index (χ2v) is 6.95. The van der Waals surface area contributed by atoms with Gasteiger partial charge in [-0.3, -0.25) is 0 Å². The maximum Gasteiger partial charge on any atom is 0.218 e. The Labute approximate surface area is 143 Å². The average molecular weight is 329 g/mol. The van der Waals surface area contributed by atoms with E-state index in [9.17, 15) is 8.78 Å². The van der Waals surface area contributed by atoms with Crippen LogP contribution < -0.4 is 0 Å². The second kappa shape index (κ2) is 7.87. The maximum absolute atomic E-state index is 13.6. The molecule has 2 aromatic rings. The minimum atomic E-state index is -0.765. The smallest absolute Gasteiger partial charge is 0.190 e. The highest BCUT2D eigenvalue weighted by molar-refractivity contribution is 5.27. The van der Waals surface area contributed by atoms with Gasteiger partial charge in [0.05, 0.1) is 0 Å². The monoisotopic (exact) mass is 329 g/mol. The van der Waals surface area contributed by atoms with E-state index in [1.165, 1.54) is 55.4 Å². The molecule has 1 aliphatic rings. The quantitative estimate of drug-likeness (QED) is 0.629. The summed E-state index contributed by atoms with van der Waals surface area (Å²) in [4.78, 5) is 3.24. The van der Waals surface area contributed by atoms with Crippen LogP contribution in [0.5, 0.6) is 0 Å². The molecule has 128 valence electrons. The van der Waals surface area contributed by atoms with Crippen LogP contribution in [0.1, 0.15) is 61.6 Å². The van der Waals surface area contributed by atoms with Crippen molar-refractivity contribution in [1.29, 1.82) is 0 Å². The van der Waals surface area contributed by atoms with Gasteiger partial charge in [0.25, 0.3) is 0 Å². The lowest BCUT2D eigenvalue weighted by molar-refractivity contribution is 0.319. The summed E-state index contributed by atoms with van der Waals surface area (Å²) in [7, 11) is 0. The van der Waals surface area contributed by atoms with Crippen molar-refractivity contribution in [3.05, 3.63) is 65.0 Å². The molecule has 3 heteroatoms. The third-order valence-corrected chi connectivity index (χ3v) is 5.45. The van der Waals surface area contributed by atoms with Gasteiger partial charge in [0.1, 0.15) is 0 Å². The van der Waals surface area contributed by atoms with Crippen LogP contribution in [0.3, 0.4) is 0 Å². The summed E-state index contributed by atoms with van der Waals surface area (Å²) in [5, 5.41) is 0. The van der Waals surface area contributed by atoms with Gasteiger partial charge in [-0.15, -0.1) is 0 Å². The first-order chi connectivity index (χ1) is 11.7. The summed E-state index contributed by atoms with van der Waals surface area (Å²) < 4.78 is 26.4. The molecule has 1 saturated carbocycles. The Balaban J connectivity index is 1.57. The lowest BCUT2D eigenvalue weighted by Gasteiger charge is -2.28. The fourth-order valence-electron chi connectivity index (χ4n) is 3.77. The zero-order chi connectivity index (χ0) is 16.9. The Morgan fingerprint density at radius 1 is 0.917 bits per heavy atom. The van der Waals surface area contributed by atoms with E-state index in [0.29, 0.717) is 17.9 Å². The molecule has 1 fully saturated rings. The van der Waals surface area contributed by atoms with E-state index in [0.717, 1.165) is 12.3 Å².